The van der Waals surface area contributed by atoms with E-state index in [4.69, 9.17) is 9.47 Å². The third kappa shape index (κ3) is 3.58. The van der Waals surface area contributed by atoms with E-state index in [1.165, 1.54) is 22.7 Å². The van der Waals surface area contributed by atoms with Crippen molar-refractivity contribution in [2.24, 2.45) is 0 Å². The molecule has 0 unspecified atom stereocenters. The van der Waals surface area contributed by atoms with Crippen molar-refractivity contribution in [1.82, 2.24) is 5.32 Å². The first-order valence-corrected chi connectivity index (χ1v) is 11.3. The van der Waals surface area contributed by atoms with Crippen LogP contribution in [-0.4, -0.2) is 27.7 Å². The number of benzene rings is 1. The number of ether oxygens (including phenoxy) is 2. The number of hydrogen-bond acceptors (Lipinski definition) is 7. The van der Waals surface area contributed by atoms with E-state index in [0.717, 1.165) is 0 Å². The van der Waals surface area contributed by atoms with Crippen molar-refractivity contribution in [3.8, 4) is 11.5 Å². The number of hydrogen-bond donors (Lipinski definition) is 1. The van der Waals surface area contributed by atoms with Crippen LogP contribution < -0.4 is 14.8 Å². The molecule has 0 saturated heterocycles. The second-order valence-corrected chi connectivity index (χ2v) is 10.0. The molecule has 3 heterocycles. The van der Waals surface area contributed by atoms with E-state index in [1.54, 1.807) is 47.8 Å². The molecule has 0 bridgehead atoms. The van der Waals surface area contributed by atoms with Gasteiger partial charge in [-0.25, -0.2) is 8.42 Å². The molecule has 0 spiro atoms. The Balaban J connectivity index is 1.55. The van der Waals surface area contributed by atoms with Gasteiger partial charge in [0, 0.05) is 17.0 Å². The first kappa shape index (κ1) is 18.0. The number of rotatable bonds is 6. The van der Waals surface area contributed by atoms with Crippen molar-refractivity contribution in [3.05, 3.63) is 63.7 Å². The number of fused-ring (bicyclic) bond motifs is 1. The van der Waals surface area contributed by atoms with Crippen molar-refractivity contribution in [2.45, 2.75) is 9.46 Å². The highest BCUT2D eigenvalue weighted by atomic mass is 32.2. The standard InChI is InChI=1S/C18H15NO5S3/c20-18(12-5-6-13-14(9-12)24-11-23-13)19-10-16(15-3-1-7-25-15)27(21,22)17-4-2-8-26-17/h1-9,16H,10-11H2,(H,19,20)/t16-/m1/s1. The zero-order valence-corrected chi connectivity index (χ0v) is 16.4. The molecule has 1 N–H and O–H groups in total. The molecule has 6 nitrogen and oxygen atoms in total. The van der Waals surface area contributed by atoms with Crippen molar-refractivity contribution in [1.29, 1.82) is 0 Å². The Kier molecular flexibility index (Phi) is 4.90. The summed E-state index contributed by atoms with van der Waals surface area (Å²) in [7, 11) is -3.60. The van der Waals surface area contributed by atoms with Gasteiger partial charge in [0.1, 0.15) is 9.46 Å². The minimum atomic E-state index is -3.60. The second kappa shape index (κ2) is 7.34. The Morgan fingerprint density at radius 2 is 1.85 bits per heavy atom. The van der Waals surface area contributed by atoms with Crippen LogP contribution in [0.4, 0.5) is 0 Å². The van der Waals surface area contributed by atoms with Gasteiger partial charge in [-0.1, -0.05) is 12.1 Å². The van der Waals surface area contributed by atoms with Crippen molar-refractivity contribution in [2.75, 3.05) is 13.3 Å². The molecule has 1 aliphatic rings. The summed E-state index contributed by atoms with van der Waals surface area (Å²) in [4.78, 5) is 13.2. The smallest absolute Gasteiger partial charge is 0.251 e. The molecule has 1 amide bonds. The number of carbonyl (C=O) groups excluding carboxylic acids is 1. The highest BCUT2D eigenvalue weighted by Gasteiger charge is 2.31. The lowest BCUT2D eigenvalue weighted by atomic mass is 10.2. The van der Waals surface area contributed by atoms with E-state index in [1.807, 2.05) is 5.38 Å². The van der Waals surface area contributed by atoms with E-state index in [2.05, 4.69) is 5.32 Å². The molecule has 0 fully saturated rings. The molecule has 0 radical (unpaired) electrons. The molecule has 2 aromatic heterocycles. The van der Waals surface area contributed by atoms with Crippen LogP contribution in [0.25, 0.3) is 0 Å². The van der Waals surface area contributed by atoms with Gasteiger partial charge >= 0.3 is 0 Å². The Labute approximate surface area is 164 Å². The largest absolute Gasteiger partial charge is 0.454 e. The molecule has 1 aliphatic heterocycles. The summed E-state index contributed by atoms with van der Waals surface area (Å²) >= 11 is 2.53. The lowest BCUT2D eigenvalue weighted by Gasteiger charge is -2.16. The van der Waals surface area contributed by atoms with E-state index < -0.39 is 15.1 Å². The highest BCUT2D eigenvalue weighted by molar-refractivity contribution is 7.93. The summed E-state index contributed by atoms with van der Waals surface area (Å²) in [6, 6.07) is 11.7. The predicted molar refractivity (Wildman–Crippen MR) is 103 cm³/mol. The summed E-state index contributed by atoms with van der Waals surface area (Å²) in [6.45, 7) is 0.105. The number of sulfone groups is 1. The van der Waals surface area contributed by atoms with Gasteiger partial charge in [-0.15, -0.1) is 22.7 Å². The predicted octanol–water partition coefficient (Wildman–Crippen LogP) is 3.48. The van der Waals surface area contributed by atoms with E-state index in [-0.39, 0.29) is 19.2 Å². The van der Waals surface area contributed by atoms with Gasteiger partial charge in [-0.2, -0.15) is 0 Å². The average Bonchev–Trinajstić information content (AvgIpc) is 3.42. The zero-order chi connectivity index (χ0) is 18.9. The molecule has 27 heavy (non-hydrogen) atoms. The monoisotopic (exact) mass is 421 g/mol. The second-order valence-electron chi connectivity index (χ2n) is 5.76. The zero-order valence-electron chi connectivity index (χ0n) is 14.0. The van der Waals surface area contributed by atoms with Gasteiger partial charge in [0.05, 0.1) is 0 Å². The molecule has 3 aromatic rings. The van der Waals surface area contributed by atoms with Gasteiger partial charge in [-0.05, 0) is 41.1 Å². The van der Waals surface area contributed by atoms with Crippen molar-refractivity contribution in [3.63, 3.8) is 0 Å². The maximum Gasteiger partial charge on any atom is 0.251 e. The maximum absolute atomic E-state index is 13.0. The number of carbonyl (C=O) groups is 1. The number of nitrogens with one attached hydrogen (secondary N) is 1. The molecular weight excluding hydrogens is 406 g/mol. The fourth-order valence-electron chi connectivity index (χ4n) is 2.73. The van der Waals surface area contributed by atoms with Crippen molar-refractivity contribution < 1.29 is 22.7 Å². The Morgan fingerprint density at radius 3 is 2.59 bits per heavy atom. The minimum absolute atomic E-state index is 0.0198. The van der Waals surface area contributed by atoms with Gasteiger partial charge in [0.25, 0.3) is 5.91 Å². The molecule has 9 heteroatoms. The fraction of sp³-hybridized carbons (Fsp3) is 0.167. The van der Waals surface area contributed by atoms with Crippen molar-refractivity contribution >= 4 is 38.4 Å². The van der Waals surface area contributed by atoms with E-state index in [0.29, 0.717) is 26.1 Å². The number of thiophene rings is 2. The van der Waals surface area contributed by atoms with Crippen LogP contribution in [0.3, 0.4) is 0 Å². The van der Waals surface area contributed by atoms with Crippen LogP contribution in [0.15, 0.2) is 57.4 Å². The molecular formula is C18H15NO5S3. The molecule has 1 aromatic carbocycles. The average molecular weight is 422 g/mol. The van der Waals surface area contributed by atoms with Gasteiger partial charge in [0.2, 0.25) is 6.79 Å². The maximum atomic E-state index is 13.0. The molecule has 4 rings (SSSR count). The quantitative estimate of drug-likeness (QED) is 0.659. The Morgan fingerprint density at radius 1 is 1.07 bits per heavy atom. The Bertz CT molecular complexity index is 1040. The molecule has 140 valence electrons. The molecule has 0 saturated carbocycles. The van der Waals surface area contributed by atoms with Crippen LogP contribution in [0, 0.1) is 0 Å². The summed E-state index contributed by atoms with van der Waals surface area (Å²) < 4.78 is 36.9. The summed E-state index contributed by atoms with van der Waals surface area (Å²) in [5.41, 5.74) is 0.387. The normalized spacial score (nSPS) is 14.1. The third-order valence-electron chi connectivity index (χ3n) is 4.09. The van der Waals surface area contributed by atoms with Gasteiger partial charge in [-0.3, -0.25) is 4.79 Å². The fourth-order valence-corrected chi connectivity index (χ4v) is 6.72. The van der Waals surface area contributed by atoms with Crippen LogP contribution in [0.1, 0.15) is 20.5 Å². The van der Waals surface area contributed by atoms with Crippen LogP contribution >= 0.6 is 22.7 Å². The lowest BCUT2D eigenvalue weighted by Crippen LogP contribution is -2.31. The first-order valence-electron chi connectivity index (χ1n) is 8.04. The summed E-state index contributed by atoms with van der Waals surface area (Å²) in [5, 5.41) is 5.46. The number of amides is 1. The highest BCUT2D eigenvalue weighted by Crippen LogP contribution is 2.34. The van der Waals surface area contributed by atoms with Crippen LogP contribution in [-0.2, 0) is 9.84 Å². The summed E-state index contributed by atoms with van der Waals surface area (Å²) in [6.07, 6.45) is 0. The van der Waals surface area contributed by atoms with Crippen LogP contribution in [0.5, 0.6) is 11.5 Å². The third-order valence-corrected chi connectivity index (χ3v) is 8.74. The first-order chi connectivity index (χ1) is 13.1. The molecule has 1 atom stereocenters. The topological polar surface area (TPSA) is 81.7 Å². The van der Waals surface area contributed by atoms with Gasteiger partial charge < -0.3 is 14.8 Å². The Hall–Kier alpha value is -2.36. The molecule has 0 aliphatic carbocycles. The lowest BCUT2D eigenvalue weighted by molar-refractivity contribution is 0.0953. The van der Waals surface area contributed by atoms with E-state index >= 15 is 0 Å². The van der Waals surface area contributed by atoms with E-state index in [9.17, 15) is 13.2 Å². The van der Waals surface area contributed by atoms with Gasteiger partial charge in [0.15, 0.2) is 21.3 Å². The van der Waals surface area contributed by atoms with Crippen LogP contribution in [0.2, 0.25) is 0 Å². The minimum Gasteiger partial charge on any atom is -0.454 e. The SMILES string of the molecule is O=C(NC[C@H](c1cccs1)S(=O)(=O)c1cccs1)c1ccc2c(c1)OCO2. The summed E-state index contributed by atoms with van der Waals surface area (Å²) in [5.74, 6) is 0.725.